The number of hydrogen-bond donors (Lipinski definition) is 1. The van der Waals surface area contributed by atoms with E-state index in [0.29, 0.717) is 43.0 Å². The molecule has 0 saturated carbocycles. The van der Waals surface area contributed by atoms with Crippen molar-refractivity contribution in [1.29, 1.82) is 0 Å². The van der Waals surface area contributed by atoms with E-state index in [1.54, 1.807) is 28.8 Å². The number of aromatic nitrogens is 2. The maximum atomic E-state index is 14.0. The SMILES string of the molecule is C/C=C(\S[C@@]1(N2C[C@@H]3C[C@@H](O)CN3C[C@@H]2C)C=CC1)S(=O)(=O)N1CCN(Cc2cncn2[C@H](C)c2ccc(F)cc2)CC1. The number of piperazine rings is 2. The molecule has 5 atom stereocenters. The molecule has 0 radical (unpaired) electrons. The maximum Gasteiger partial charge on any atom is 0.248 e. The van der Waals surface area contributed by atoms with Crippen molar-refractivity contribution in [2.45, 2.75) is 69.3 Å². The monoisotopic (exact) mass is 630 g/mol. The zero-order valence-electron chi connectivity index (χ0n) is 25.2. The Kier molecular flexibility index (Phi) is 8.91. The summed E-state index contributed by atoms with van der Waals surface area (Å²) in [5.41, 5.74) is 2.05. The highest BCUT2D eigenvalue weighted by molar-refractivity contribution is 8.18. The number of sulfonamides is 1. The van der Waals surface area contributed by atoms with Crippen molar-refractivity contribution in [1.82, 2.24) is 28.6 Å². The van der Waals surface area contributed by atoms with Crippen LogP contribution in [0.15, 0.2) is 59.3 Å². The molecule has 0 bridgehead atoms. The third kappa shape index (κ3) is 6.12. The number of halogens is 1. The van der Waals surface area contributed by atoms with Gasteiger partial charge in [0.25, 0.3) is 0 Å². The first kappa shape index (κ1) is 30.9. The topological polar surface area (TPSA) is 85.2 Å². The van der Waals surface area contributed by atoms with E-state index in [2.05, 4.69) is 50.3 Å². The molecule has 234 valence electrons. The molecule has 4 aliphatic rings. The van der Waals surface area contributed by atoms with Crippen molar-refractivity contribution in [3.63, 3.8) is 0 Å². The van der Waals surface area contributed by atoms with Crippen LogP contribution in [-0.2, 0) is 16.6 Å². The zero-order valence-corrected chi connectivity index (χ0v) is 26.9. The van der Waals surface area contributed by atoms with Gasteiger partial charge >= 0.3 is 0 Å². The fraction of sp³-hybridized carbons (Fsp3) is 0.581. The minimum atomic E-state index is -3.64. The summed E-state index contributed by atoms with van der Waals surface area (Å²) in [6.45, 7) is 11.3. The molecule has 3 aliphatic heterocycles. The molecule has 0 amide bonds. The van der Waals surface area contributed by atoms with Crippen LogP contribution in [0.3, 0.4) is 0 Å². The zero-order chi connectivity index (χ0) is 30.4. The van der Waals surface area contributed by atoms with Crippen LogP contribution < -0.4 is 0 Å². The Balaban J connectivity index is 1.09. The highest BCUT2D eigenvalue weighted by atomic mass is 32.3. The normalized spacial score (nSPS) is 30.3. The molecule has 1 N–H and O–H groups in total. The second-order valence-electron chi connectivity index (χ2n) is 12.4. The Morgan fingerprint density at radius 2 is 1.91 bits per heavy atom. The van der Waals surface area contributed by atoms with Crippen LogP contribution in [0, 0.1) is 5.82 Å². The number of thioether (sulfide) groups is 1. The van der Waals surface area contributed by atoms with Crippen LogP contribution in [0.25, 0.3) is 0 Å². The van der Waals surface area contributed by atoms with Crippen LogP contribution in [0.4, 0.5) is 4.39 Å². The van der Waals surface area contributed by atoms with Crippen molar-refractivity contribution < 1.29 is 17.9 Å². The van der Waals surface area contributed by atoms with Gasteiger partial charge in [0.15, 0.2) is 0 Å². The van der Waals surface area contributed by atoms with Gasteiger partial charge in [-0.2, -0.15) is 4.31 Å². The molecule has 1 aromatic heterocycles. The number of fused-ring (bicyclic) bond motifs is 1. The predicted octanol–water partition coefficient (Wildman–Crippen LogP) is 3.47. The third-order valence-corrected chi connectivity index (χ3v) is 13.6. The molecule has 1 aliphatic carbocycles. The molecule has 3 saturated heterocycles. The lowest BCUT2D eigenvalue weighted by molar-refractivity contribution is 0.0257. The van der Waals surface area contributed by atoms with Crippen molar-refractivity contribution in [3.05, 3.63) is 76.3 Å². The average Bonchev–Trinajstić information content (AvgIpc) is 3.58. The van der Waals surface area contributed by atoms with Gasteiger partial charge in [-0.15, -0.1) is 0 Å². The third-order valence-electron chi connectivity index (χ3n) is 9.56. The molecular formula is C31H43FN6O3S2. The van der Waals surface area contributed by atoms with Gasteiger partial charge in [-0.3, -0.25) is 14.7 Å². The molecule has 1 aromatic carbocycles. The van der Waals surface area contributed by atoms with E-state index in [9.17, 15) is 17.9 Å². The Labute approximate surface area is 259 Å². The standard InChI is InChI=1S/C31H43FN6O3S2/c1-4-30(42-31(10-5-11-31)38-20-27-16-29(39)21-35(27)18-23(38)2)43(40,41)36-14-12-34(13-15-36)19-28-17-33-22-37(28)24(3)25-6-8-26(32)9-7-25/h4-10,17,22-24,27,29,39H,11-16,18-21H2,1-3H3/b30-4+/t23-,24+,27-,29+,31-/m0/s1. The number of rotatable bonds is 9. The Morgan fingerprint density at radius 3 is 2.56 bits per heavy atom. The molecule has 3 fully saturated rings. The summed E-state index contributed by atoms with van der Waals surface area (Å²) in [5, 5.41) is 10.2. The highest BCUT2D eigenvalue weighted by Crippen LogP contribution is 2.49. The van der Waals surface area contributed by atoms with Gasteiger partial charge in [-0.05, 0) is 51.3 Å². The van der Waals surface area contributed by atoms with Crippen LogP contribution in [-0.4, -0.2) is 111 Å². The molecule has 0 unspecified atom stereocenters. The fourth-order valence-electron chi connectivity index (χ4n) is 7.03. The van der Waals surface area contributed by atoms with Gasteiger partial charge in [-0.1, -0.05) is 42.1 Å². The maximum absolute atomic E-state index is 14.0. The minimum absolute atomic E-state index is 0.00588. The van der Waals surface area contributed by atoms with Gasteiger partial charge in [0.2, 0.25) is 10.0 Å². The van der Waals surface area contributed by atoms with Gasteiger partial charge < -0.3 is 9.67 Å². The number of benzene rings is 1. The van der Waals surface area contributed by atoms with Crippen molar-refractivity contribution in [3.8, 4) is 0 Å². The van der Waals surface area contributed by atoms with Crippen LogP contribution in [0.1, 0.15) is 50.9 Å². The Hall–Kier alpha value is -2.06. The first-order valence-electron chi connectivity index (χ1n) is 15.3. The summed E-state index contributed by atoms with van der Waals surface area (Å²) in [6.07, 6.45) is 11.0. The molecule has 0 spiro atoms. The molecule has 43 heavy (non-hydrogen) atoms. The van der Waals surface area contributed by atoms with Crippen LogP contribution in [0.2, 0.25) is 0 Å². The lowest BCUT2D eigenvalue weighted by Gasteiger charge is -2.53. The number of allylic oxidation sites excluding steroid dienone is 1. The number of aliphatic hydroxyl groups excluding tert-OH is 1. The number of nitrogens with zero attached hydrogens (tertiary/aromatic N) is 6. The number of imidazole rings is 1. The van der Waals surface area contributed by atoms with Crippen molar-refractivity contribution in [2.24, 2.45) is 0 Å². The predicted molar refractivity (Wildman–Crippen MR) is 168 cm³/mol. The first-order valence-corrected chi connectivity index (χ1v) is 17.6. The fourth-order valence-corrected chi connectivity index (χ4v) is 10.6. The van der Waals surface area contributed by atoms with Gasteiger partial charge in [0.05, 0.1) is 29.0 Å². The molecule has 9 nitrogen and oxygen atoms in total. The summed E-state index contributed by atoms with van der Waals surface area (Å²) in [6, 6.07) is 7.13. The van der Waals surface area contributed by atoms with E-state index in [4.69, 9.17) is 0 Å². The summed E-state index contributed by atoms with van der Waals surface area (Å²) in [7, 11) is -3.64. The van der Waals surface area contributed by atoms with Gasteiger partial charge in [0.1, 0.15) is 10.1 Å². The quantitative estimate of drug-likeness (QED) is 0.422. The molecular weight excluding hydrogens is 588 g/mol. The van der Waals surface area contributed by atoms with E-state index >= 15 is 0 Å². The molecule has 12 heteroatoms. The largest absolute Gasteiger partial charge is 0.392 e. The molecule has 2 aromatic rings. The summed E-state index contributed by atoms with van der Waals surface area (Å²) < 4.78 is 45.5. The van der Waals surface area contributed by atoms with Crippen LogP contribution in [0.5, 0.6) is 0 Å². The summed E-state index contributed by atoms with van der Waals surface area (Å²) in [5.74, 6) is -0.254. The smallest absolute Gasteiger partial charge is 0.248 e. The Bertz CT molecular complexity index is 1460. The lowest BCUT2D eigenvalue weighted by Crippen LogP contribution is -2.63. The first-order chi connectivity index (χ1) is 20.6. The highest BCUT2D eigenvalue weighted by Gasteiger charge is 2.49. The lowest BCUT2D eigenvalue weighted by atomic mass is 9.96. The van der Waals surface area contributed by atoms with Gasteiger partial charge in [-0.25, -0.2) is 17.8 Å². The average molecular weight is 631 g/mol. The summed E-state index contributed by atoms with van der Waals surface area (Å²) >= 11 is 1.47. The number of aliphatic hydroxyl groups is 1. The number of hydrogen-bond acceptors (Lipinski definition) is 8. The minimum Gasteiger partial charge on any atom is -0.392 e. The second kappa shape index (κ2) is 12.4. The summed E-state index contributed by atoms with van der Waals surface area (Å²) in [4.78, 5) is 11.1. The van der Waals surface area contributed by atoms with Crippen molar-refractivity contribution >= 4 is 21.8 Å². The Morgan fingerprint density at radius 1 is 1.19 bits per heavy atom. The van der Waals surface area contributed by atoms with E-state index in [-0.39, 0.29) is 28.9 Å². The van der Waals surface area contributed by atoms with E-state index in [0.717, 1.165) is 43.7 Å². The molecule has 6 rings (SSSR count). The van der Waals surface area contributed by atoms with Crippen molar-refractivity contribution in [2.75, 3.05) is 45.8 Å². The van der Waals surface area contributed by atoms with E-state index < -0.39 is 10.0 Å². The second-order valence-corrected chi connectivity index (χ2v) is 15.9. The van der Waals surface area contributed by atoms with E-state index in [1.807, 2.05) is 13.1 Å². The van der Waals surface area contributed by atoms with E-state index in [1.165, 1.54) is 23.9 Å². The molecule has 4 heterocycles. The van der Waals surface area contributed by atoms with Gasteiger partial charge in [0, 0.05) is 70.6 Å². The van der Waals surface area contributed by atoms with Crippen LogP contribution >= 0.6 is 11.8 Å².